The Morgan fingerprint density at radius 2 is 2.10 bits per heavy atom. The zero-order valence-electron chi connectivity index (χ0n) is 11.8. The lowest BCUT2D eigenvalue weighted by molar-refractivity contribution is -0.120. The summed E-state index contributed by atoms with van der Waals surface area (Å²) in [6, 6.07) is 5.66. The molecule has 5 nitrogen and oxygen atoms in total. The fraction of sp³-hybridized carbons (Fsp3) is 0.533. The Hall–Kier alpha value is -1.75. The van der Waals surface area contributed by atoms with Gasteiger partial charge in [-0.05, 0) is 24.1 Å². The van der Waals surface area contributed by atoms with Gasteiger partial charge in [-0.1, -0.05) is 6.07 Å². The third-order valence-corrected chi connectivity index (χ3v) is 3.02. The molecule has 1 aromatic rings. The molecule has 5 heteroatoms. The Bertz CT molecular complexity index is 447. The molecule has 2 rings (SSSR count). The molecule has 1 aliphatic rings. The number of carbonyl (C=O) groups is 1. The molecular weight excluding hydrogens is 258 g/mol. The van der Waals surface area contributed by atoms with Crippen LogP contribution in [0.2, 0.25) is 0 Å². The maximum Gasteiger partial charge on any atom is 0.224 e. The SMILES string of the molecule is COCCCNC(=O)Cc1ccc2c(c1)OCCCO2. The molecule has 0 aromatic heterocycles. The molecule has 0 saturated carbocycles. The predicted molar refractivity (Wildman–Crippen MR) is 75.3 cm³/mol. The van der Waals surface area contributed by atoms with E-state index in [1.807, 2.05) is 18.2 Å². The number of rotatable bonds is 6. The molecule has 0 saturated heterocycles. The molecule has 110 valence electrons. The van der Waals surface area contributed by atoms with Crippen molar-refractivity contribution in [2.75, 3.05) is 33.5 Å². The Morgan fingerprint density at radius 1 is 1.30 bits per heavy atom. The summed E-state index contributed by atoms with van der Waals surface area (Å²) in [7, 11) is 1.65. The van der Waals surface area contributed by atoms with E-state index in [0.717, 1.165) is 29.9 Å². The fourth-order valence-corrected chi connectivity index (χ4v) is 2.01. The summed E-state index contributed by atoms with van der Waals surface area (Å²) >= 11 is 0. The third kappa shape index (κ3) is 4.42. The van der Waals surface area contributed by atoms with Crippen LogP contribution in [0.1, 0.15) is 18.4 Å². The van der Waals surface area contributed by atoms with E-state index < -0.39 is 0 Å². The summed E-state index contributed by atoms with van der Waals surface area (Å²) < 4.78 is 16.1. The average Bonchev–Trinajstić information content (AvgIpc) is 2.68. The van der Waals surface area contributed by atoms with E-state index in [4.69, 9.17) is 14.2 Å². The van der Waals surface area contributed by atoms with Crippen LogP contribution in [-0.4, -0.2) is 39.4 Å². The number of hydrogen-bond donors (Lipinski definition) is 1. The molecule has 20 heavy (non-hydrogen) atoms. The van der Waals surface area contributed by atoms with Crippen LogP contribution in [0.5, 0.6) is 11.5 Å². The highest BCUT2D eigenvalue weighted by molar-refractivity contribution is 5.78. The van der Waals surface area contributed by atoms with E-state index in [9.17, 15) is 4.79 Å². The van der Waals surface area contributed by atoms with Crippen LogP contribution in [0.25, 0.3) is 0 Å². The number of methoxy groups -OCH3 is 1. The molecule has 1 aliphatic heterocycles. The molecule has 0 spiro atoms. The second-order valence-electron chi connectivity index (χ2n) is 4.70. The average molecular weight is 279 g/mol. The Balaban J connectivity index is 1.86. The first-order chi connectivity index (χ1) is 9.79. The lowest BCUT2D eigenvalue weighted by Crippen LogP contribution is -2.26. The van der Waals surface area contributed by atoms with Crippen molar-refractivity contribution in [2.24, 2.45) is 0 Å². The fourth-order valence-electron chi connectivity index (χ4n) is 2.01. The first-order valence-electron chi connectivity index (χ1n) is 6.94. The van der Waals surface area contributed by atoms with Crippen LogP contribution >= 0.6 is 0 Å². The van der Waals surface area contributed by atoms with E-state index >= 15 is 0 Å². The van der Waals surface area contributed by atoms with Gasteiger partial charge in [-0.25, -0.2) is 0 Å². The molecule has 0 aliphatic carbocycles. The molecule has 1 aromatic carbocycles. The van der Waals surface area contributed by atoms with Crippen molar-refractivity contribution in [3.8, 4) is 11.5 Å². The molecule has 1 N–H and O–H groups in total. The highest BCUT2D eigenvalue weighted by atomic mass is 16.5. The van der Waals surface area contributed by atoms with Gasteiger partial charge in [0.05, 0.1) is 19.6 Å². The van der Waals surface area contributed by atoms with Gasteiger partial charge in [0.2, 0.25) is 5.91 Å². The minimum atomic E-state index is 0.00981. The molecule has 0 fully saturated rings. The number of ether oxygens (including phenoxy) is 3. The van der Waals surface area contributed by atoms with Crippen molar-refractivity contribution >= 4 is 5.91 Å². The maximum atomic E-state index is 11.8. The van der Waals surface area contributed by atoms with E-state index in [-0.39, 0.29) is 5.91 Å². The summed E-state index contributed by atoms with van der Waals surface area (Å²) in [5.74, 6) is 1.49. The van der Waals surface area contributed by atoms with E-state index in [0.29, 0.717) is 32.8 Å². The second-order valence-corrected chi connectivity index (χ2v) is 4.70. The van der Waals surface area contributed by atoms with Gasteiger partial charge >= 0.3 is 0 Å². The van der Waals surface area contributed by atoms with Crippen LogP contribution in [0.3, 0.4) is 0 Å². The van der Waals surface area contributed by atoms with Gasteiger partial charge in [-0.2, -0.15) is 0 Å². The standard InChI is InChI=1S/C15H21NO4/c1-18-7-2-6-16-15(17)11-12-4-5-13-14(10-12)20-9-3-8-19-13/h4-5,10H,2-3,6-9,11H2,1H3,(H,16,17). The molecule has 0 radical (unpaired) electrons. The lowest BCUT2D eigenvalue weighted by Gasteiger charge is -2.09. The van der Waals surface area contributed by atoms with E-state index in [2.05, 4.69) is 5.32 Å². The van der Waals surface area contributed by atoms with E-state index in [1.165, 1.54) is 0 Å². The first-order valence-corrected chi connectivity index (χ1v) is 6.94. The first kappa shape index (κ1) is 14.7. The van der Waals surface area contributed by atoms with Crippen LogP contribution in [0.4, 0.5) is 0 Å². The highest BCUT2D eigenvalue weighted by Gasteiger charge is 2.12. The summed E-state index contributed by atoms with van der Waals surface area (Å²) in [5.41, 5.74) is 0.929. The molecule has 1 heterocycles. The van der Waals surface area contributed by atoms with Gasteiger partial charge in [-0.15, -0.1) is 0 Å². The van der Waals surface area contributed by atoms with Gasteiger partial charge in [0, 0.05) is 26.7 Å². The molecular formula is C15H21NO4. The molecule has 0 unspecified atom stereocenters. The zero-order valence-corrected chi connectivity index (χ0v) is 11.8. The second kappa shape index (κ2) is 7.75. The van der Waals surface area contributed by atoms with Gasteiger partial charge in [0.1, 0.15) is 0 Å². The number of benzene rings is 1. The van der Waals surface area contributed by atoms with Gasteiger partial charge in [0.15, 0.2) is 11.5 Å². The van der Waals surface area contributed by atoms with Gasteiger partial charge in [0.25, 0.3) is 0 Å². The summed E-state index contributed by atoms with van der Waals surface area (Å²) in [4.78, 5) is 11.8. The van der Waals surface area contributed by atoms with Crippen LogP contribution < -0.4 is 14.8 Å². The number of fused-ring (bicyclic) bond motifs is 1. The zero-order chi connectivity index (χ0) is 14.2. The Kier molecular flexibility index (Phi) is 5.68. The minimum Gasteiger partial charge on any atom is -0.490 e. The number of amides is 1. The molecule has 0 atom stereocenters. The monoisotopic (exact) mass is 279 g/mol. The smallest absolute Gasteiger partial charge is 0.224 e. The molecule has 1 amide bonds. The summed E-state index contributed by atoms with van der Waals surface area (Å²) in [5, 5.41) is 2.87. The van der Waals surface area contributed by atoms with Crippen molar-refractivity contribution in [1.82, 2.24) is 5.32 Å². The van der Waals surface area contributed by atoms with Crippen LogP contribution in [0, 0.1) is 0 Å². The number of nitrogens with one attached hydrogen (secondary N) is 1. The van der Waals surface area contributed by atoms with Crippen molar-refractivity contribution < 1.29 is 19.0 Å². The Morgan fingerprint density at radius 3 is 2.90 bits per heavy atom. The van der Waals surface area contributed by atoms with Crippen LogP contribution in [0.15, 0.2) is 18.2 Å². The van der Waals surface area contributed by atoms with Crippen molar-refractivity contribution in [3.63, 3.8) is 0 Å². The van der Waals surface area contributed by atoms with Crippen molar-refractivity contribution in [3.05, 3.63) is 23.8 Å². The number of hydrogen-bond acceptors (Lipinski definition) is 4. The summed E-state index contributed by atoms with van der Waals surface area (Å²) in [6.45, 7) is 2.62. The third-order valence-electron chi connectivity index (χ3n) is 3.02. The quantitative estimate of drug-likeness (QED) is 0.803. The van der Waals surface area contributed by atoms with E-state index in [1.54, 1.807) is 7.11 Å². The normalized spacial score (nSPS) is 13.7. The predicted octanol–water partition coefficient (Wildman–Crippen LogP) is 1.54. The topological polar surface area (TPSA) is 56.8 Å². The highest BCUT2D eigenvalue weighted by Crippen LogP contribution is 2.30. The van der Waals surface area contributed by atoms with Crippen molar-refractivity contribution in [1.29, 1.82) is 0 Å². The Labute approximate surface area is 119 Å². The van der Waals surface area contributed by atoms with Crippen molar-refractivity contribution in [2.45, 2.75) is 19.3 Å². The maximum absolute atomic E-state index is 11.8. The largest absolute Gasteiger partial charge is 0.490 e. The van der Waals surface area contributed by atoms with Crippen LogP contribution in [-0.2, 0) is 16.0 Å². The summed E-state index contributed by atoms with van der Waals surface area (Å²) in [6.07, 6.45) is 2.05. The van der Waals surface area contributed by atoms with Gasteiger partial charge in [-0.3, -0.25) is 4.79 Å². The lowest BCUT2D eigenvalue weighted by atomic mass is 10.1. The minimum absolute atomic E-state index is 0.00981. The molecule has 0 bridgehead atoms. The van der Waals surface area contributed by atoms with Gasteiger partial charge < -0.3 is 19.5 Å². The number of carbonyl (C=O) groups excluding carboxylic acids is 1.